The second-order valence-electron chi connectivity index (χ2n) is 7.59. The number of hydrogen-bond acceptors (Lipinski definition) is 3. The number of benzene rings is 2. The van der Waals surface area contributed by atoms with Gasteiger partial charge in [0, 0.05) is 16.9 Å². The molecule has 2 aromatic rings. The number of rotatable bonds is 4. The largest absolute Gasteiger partial charge is 0.322 e. The van der Waals surface area contributed by atoms with Gasteiger partial charge < -0.3 is 5.32 Å². The topological polar surface area (TPSA) is 75.3 Å². The number of nitrogens with one attached hydrogen (secondary N) is 2. The second-order valence-corrected chi connectivity index (χ2v) is 10.0. The zero-order chi connectivity index (χ0) is 18.9. The zero-order valence-electron chi connectivity index (χ0n) is 15.3. The quantitative estimate of drug-likeness (QED) is 0.853. The van der Waals surface area contributed by atoms with E-state index in [1.54, 1.807) is 45.0 Å². The monoisotopic (exact) mass is 372 g/mol. The Bertz CT molecular complexity index is 927. The van der Waals surface area contributed by atoms with E-state index in [2.05, 4.69) is 16.1 Å². The number of carbonyl (C=O) groups is 1. The normalized spacial score (nSPS) is 14.0. The third kappa shape index (κ3) is 3.90. The molecule has 0 fully saturated rings. The molecule has 0 spiro atoms. The van der Waals surface area contributed by atoms with Gasteiger partial charge in [-0.2, -0.15) is 0 Å². The lowest BCUT2D eigenvalue weighted by Gasteiger charge is -2.20. The van der Waals surface area contributed by atoms with E-state index < -0.39 is 14.8 Å². The Kier molecular flexibility index (Phi) is 4.80. The molecule has 0 atom stereocenters. The number of amides is 1. The summed E-state index contributed by atoms with van der Waals surface area (Å²) >= 11 is 0. The lowest BCUT2D eigenvalue weighted by Crippen LogP contribution is -2.33. The van der Waals surface area contributed by atoms with Crippen molar-refractivity contribution in [3.8, 4) is 0 Å². The van der Waals surface area contributed by atoms with Gasteiger partial charge in [-0.05, 0) is 87.6 Å². The van der Waals surface area contributed by atoms with Crippen LogP contribution in [0.15, 0.2) is 42.5 Å². The molecular weight excluding hydrogens is 348 g/mol. The van der Waals surface area contributed by atoms with Crippen LogP contribution in [-0.4, -0.2) is 19.1 Å². The zero-order valence-corrected chi connectivity index (χ0v) is 16.1. The van der Waals surface area contributed by atoms with Crippen LogP contribution in [0.4, 0.5) is 11.4 Å². The van der Waals surface area contributed by atoms with Crippen molar-refractivity contribution in [3.63, 3.8) is 0 Å². The van der Waals surface area contributed by atoms with E-state index >= 15 is 0 Å². The minimum Gasteiger partial charge on any atom is -0.322 e. The molecule has 0 bridgehead atoms. The van der Waals surface area contributed by atoms with Crippen molar-refractivity contribution in [1.29, 1.82) is 0 Å². The van der Waals surface area contributed by atoms with Gasteiger partial charge in [0.2, 0.25) is 10.0 Å². The van der Waals surface area contributed by atoms with E-state index in [1.165, 1.54) is 17.5 Å². The molecule has 0 unspecified atom stereocenters. The van der Waals surface area contributed by atoms with Crippen molar-refractivity contribution in [2.75, 3.05) is 10.0 Å². The Hall–Kier alpha value is -2.34. The third-order valence-electron chi connectivity index (χ3n) is 4.56. The molecule has 0 aromatic heterocycles. The molecular formula is C20H24N2O3S. The molecule has 1 amide bonds. The molecule has 6 heteroatoms. The predicted octanol–water partition coefficient (Wildman–Crippen LogP) is 3.97. The van der Waals surface area contributed by atoms with Crippen LogP contribution in [0.2, 0.25) is 0 Å². The number of anilines is 2. The second kappa shape index (κ2) is 6.76. The maximum atomic E-state index is 12.4. The minimum absolute atomic E-state index is 0.215. The van der Waals surface area contributed by atoms with Gasteiger partial charge in [0.15, 0.2) is 0 Å². The van der Waals surface area contributed by atoms with Crippen LogP contribution < -0.4 is 10.0 Å². The number of fused-ring (bicyclic) bond motifs is 1. The highest BCUT2D eigenvalue weighted by Crippen LogP contribution is 2.25. The van der Waals surface area contributed by atoms with E-state index in [4.69, 9.17) is 0 Å². The molecule has 1 aliphatic carbocycles. The molecule has 0 saturated carbocycles. The molecule has 3 rings (SSSR count). The van der Waals surface area contributed by atoms with Crippen LogP contribution in [0.3, 0.4) is 0 Å². The molecule has 26 heavy (non-hydrogen) atoms. The Balaban J connectivity index is 1.69. The van der Waals surface area contributed by atoms with Gasteiger partial charge in [-0.1, -0.05) is 6.07 Å². The number of sulfonamides is 1. The van der Waals surface area contributed by atoms with Crippen LogP contribution in [0, 0.1) is 0 Å². The average molecular weight is 372 g/mol. The van der Waals surface area contributed by atoms with E-state index in [-0.39, 0.29) is 5.91 Å². The standard InChI is InChI=1S/C20H24N2O3S/c1-20(2,3)26(24,25)22-17-10-8-15(9-11-17)19(23)21-18-12-7-14-5-4-6-16(14)13-18/h7-13,22H,4-6H2,1-3H3,(H,21,23). The van der Waals surface area contributed by atoms with Crippen LogP contribution in [0.5, 0.6) is 0 Å². The Morgan fingerprint density at radius 3 is 2.19 bits per heavy atom. The van der Waals surface area contributed by atoms with E-state index in [1.807, 2.05) is 12.1 Å². The first-order valence-corrected chi connectivity index (χ1v) is 10.2. The van der Waals surface area contributed by atoms with Crippen molar-refractivity contribution in [3.05, 3.63) is 59.2 Å². The molecule has 0 radical (unpaired) electrons. The van der Waals surface area contributed by atoms with Crippen molar-refractivity contribution < 1.29 is 13.2 Å². The van der Waals surface area contributed by atoms with E-state index in [9.17, 15) is 13.2 Å². The van der Waals surface area contributed by atoms with Crippen molar-refractivity contribution >= 4 is 27.3 Å². The van der Waals surface area contributed by atoms with Gasteiger partial charge in [-0.3, -0.25) is 9.52 Å². The fourth-order valence-electron chi connectivity index (χ4n) is 2.85. The Morgan fingerprint density at radius 2 is 1.54 bits per heavy atom. The molecule has 0 heterocycles. The molecule has 0 saturated heterocycles. The fraction of sp³-hybridized carbons (Fsp3) is 0.350. The first-order chi connectivity index (χ1) is 12.2. The summed E-state index contributed by atoms with van der Waals surface area (Å²) in [5.41, 5.74) is 4.36. The van der Waals surface area contributed by atoms with Gasteiger partial charge >= 0.3 is 0 Å². The van der Waals surface area contributed by atoms with Crippen LogP contribution >= 0.6 is 0 Å². The number of aryl methyl sites for hydroxylation is 2. The Labute approximate surface area is 154 Å². The maximum Gasteiger partial charge on any atom is 0.255 e. The summed E-state index contributed by atoms with van der Waals surface area (Å²) in [7, 11) is -3.49. The van der Waals surface area contributed by atoms with E-state index in [0.29, 0.717) is 11.3 Å². The third-order valence-corrected chi connectivity index (χ3v) is 6.68. The van der Waals surface area contributed by atoms with Crippen LogP contribution in [0.1, 0.15) is 48.7 Å². The summed E-state index contributed by atoms with van der Waals surface area (Å²) in [4.78, 5) is 12.4. The number of hydrogen-bond donors (Lipinski definition) is 2. The maximum absolute atomic E-state index is 12.4. The lowest BCUT2D eigenvalue weighted by atomic mass is 10.1. The highest BCUT2D eigenvalue weighted by atomic mass is 32.2. The SMILES string of the molecule is CC(C)(C)S(=O)(=O)Nc1ccc(C(=O)Nc2ccc3c(c2)CCC3)cc1. The lowest BCUT2D eigenvalue weighted by molar-refractivity contribution is 0.102. The molecule has 2 N–H and O–H groups in total. The Morgan fingerprint density at radius 1 is 0.923 bits per heavy atom. The summed E-state index contributed by atoms with van der Waals surface area (Å²) < 4.78 is 26.0. The highest BCUT2D eigenvalue weighted by molar-refractivity contribution is 7.94. The summed E-state index contributed by atoms with van der Waals surface area (Å²) in [5.74, 6) is -0.215. The molecule has 138 valence electrons. The molecule has 5 nitrogen and oxygen atoms in total. The summed E-state index contributed by atoms with van der Waals surface area (Å²) in [5, 5.41) is 2.90. The van der Waals surface area contributed by atoms with Crippen molar-refractivity contribution in [1.82, 2.24) is 0 Å². The first kappa shape index (κ1) is 18.5. The van der Waals surface area contributed by atoms with Crippen LogP contribution in [-0.2, 0) is 22.9 Å². The molecule has 2 aromatic carbocycles. The first-order valence-electron chi connectivity index (χ1n) is 8.71. The molecule has 1 aliphatic rings. The smallest absolute Gasteiger partial charge is 0.255 e. The minimum atomic E-state index is -3.49. The number of carbonyl (C=O) groups excluding carboxylic acids is 1. The highest BCUT2D eigenvalue weighted by Gasteiger charge is 2.28. The van der Waals surface area contributed by atoms with Crippen molar-refractivity contribution in [2.24, 2.45) is 0 Å². The predicted molar refractivity (Wildman–Crippen MR) is 105 cm³/mol. The van der Waals surface area contributed by atoms with Gasteiger partial charge in [-0.25, -0.2) is 8.42 Å². The fourth-order valence-corrected chi connectivity index (χ4v) is 3.60. The van der Waals surface area contributed by atoms with Gasteiger partial charge in [0.25, 0.3) is 5.91 Å². The van der Waals surface area contributed by atoms with Gasteiger partial charge in [0.1, 0.15) is 0 Å². The summed E-state index contributed by atoms with van der Waals surface area (Å²) in [6, 6.07) is 12.5. The summed E-state index contributed by atoms with van der Waals surface area (Å²) in [6.45, 7) is 4.90. The molecule has 0 aliphatic heterocycles. The summed E-state index contributed by atoms with van der Waals surface area (Å²) in [6.07, 6.45) is 3.33. The van der Waals surface area contributed by atoms with Crippen LogP contribution in [0.25, 0.3) is 0 Å². The van der Waals surface area contributed by atoms with E-state index in [0.717, 1.165) is 18.5 Å². The van der Waals surface area contributed by atoms with Crippen molar-refractivity contribution in [2.45, 2.75) is 44.8 Å². The van der Waals surface area contributed by atoms with Gasteiger partial charge in [-0.15, -0.1) is 0 Å². The average Bonchev–Trinajstić information content (AvgIpc) is 3.01. The van der Waals surface area contributed by atoms with Gasteiger partial charge in [0.05, 0.1) is 4.75 Å².